The third kappa shape index (κ3) is 4.23. The van der Waals surface area contributed by atoms with E-state index in [0.717, 1.165) is 32.4 Å². The molecule has 0 spiro atoms. The molecule has 3 aromatic carbocycles. The maximum atomic E-state index is 12.4. The van der Waals surface area contributed by atoms with Crippen LogP contribution in [0.3, 0.4) is 0 Å². The Morgan fingerprint density at radius 2 is 1.37 bits per heavy atom. The summed E-state index contributed by atoms with van der Waals surface area (Å²) in [6, 6.07) is 25.1. The van der Waals surface area contributed by atoms with Gasteiger partial charge in [0.2, 0.25) is 5.78 Å². The molecule has 0 N–H and O–H groups in total. The quantitative estimate of drug-likeness (QED) is 0.423. The van der Waals surface area contributed by atoms with Crippen LogP contribution in [0.4, 0.5) is 0 Å². The second-order valence-electron chi connectivity index (χ2n) is 6.01. The Labute approximate surface area is 162 Å². The Kier molecular flexibility index (Phi) is 5.26. The summed E-state index contributed by atoms with van der Waals surface area (Å²) in [5.41, 5.74) is 1.76. The van der Waals surface area contributed by atoms with Gasteiger partial charge in [-0.2, -0.15) is 0 Å². The van der Waals surface area contributed by atoms with Crippen molar-refractivity contribution in [3.05, 3.63) is 94.9 Å². The fraction of sp³-hybridized carbons (Fsp3) is 0.0870. The van der Waals surface area contributed by atoms with Gasteiger partial charge >= 0.3 is 0 Å². The number of fused-ring (bicyclic) bond motifs is 1. The van der Waals surface area contributed by atoms with E-state index in [1.165, 1.54) is 11.8 Å². The molecule has 3 aromatic rings. The third-order valence-corrected chi connectivity index (χ3v) is 5.22. The monoisotopic (exact) mass is 374 g/mol. The van der Waals surface area contributed by atoms with E-state index in [1.54, 1.807) is 0 Å². The molecule has 0 aromatic heterocycles. The molecule has 1 aliphatic rings. The van der Waals surface area contributed by atoms with Crippen molar-refractivity contribution in [2.45, 2.75) is 4.90 Å². The molecule has 0 atom stereocenters. The van der Waals surface area contributed by atoms with Crippen LogP contribution in [-0.4, -0.2) is 19.0 Å². The lowest BCUT2D eigenvalue weighted by Gasteiger charge is -2.08. The van der Waals surface area contributed by atoms with Gasteiger partial charge in [0.15, 0.2) is 0 Å². The minimum Gasteiger partial charge on any atom is -0.490 e. The van der Waals surface area contributed by atoms with Gasteiger partial charge in [-0.15, -0.1) is 0 Å². The number of hydrogen-bond acceptors (Lipinski definition) is 4. The highest BCUT2D eigenvalue weighted by molar-refractivity contribution is 8.04. The predicted molar refractivity (Wildman–Crippen MR) is 108 cm³/mol. The largest absolute Gasteiger partial charge is 0.490 e. The maximum Gasteiger partial charge on any atom is 0.200 e. The minimum atomic E-state index is 0.0917. The fourth-order valence-corrected chi connectivity index (χ4v) is 3.84. The normalized spacial score (nSPS) is 14.2. The molecular weight excluding hydrogens is 356 g/mol. The van der Waals surface area contributed by atoms with E-state index < -0.39 is 0 Å². The van der Waals surface area contributed by atoms with Gasteiger partial charge in [0.1, 0.15) is 24.7 Å². The molecule has 3 nitrogen and oxygen atoms in total. The Morgan fingerprint density at radius 3 is 2.07 bits per heavy atom. The first-order chi connectivity index (χ1) is 13.3. The first kappa shape index (κ1) is 17.4. The number of carbonyl (C=O) groups excluding carboxylic acids is 1. The van der Waals surface area contributed by atoms with Crippen molar-refractivity contribution in [3.8, 4) is 11.5 Å². The number of ether oxygens (including phenoxy) is 2. The Bertz CT molecular complexity index is 962. The van der Waals surface area contributed by atoms with Gasteiger partial charge in [-0.1, -0.05) is 54.2 Å². The summed E-state index contributed by atoms with van der Waals surface area (Å²) in [4.78, 5) is 14.2. The van der Waals surface area contributed by atoms with Crippen molar-refractivity contribution < 1.29 is 14.3 Å². The van der Waals surface area contributed by atoms with Crippen LogP contribution < -0.4 is 9.47 Å². The molecule has 0 amide bonds. The van der Waals surface area contributed by atoms with Crippen LogP contribution in [0.25, 0.3) is 6.08 Å². The fourth-order valence-electron chi connectivity index (χ4n) is 2.78. The summed E-state index contributed by atoms with van der Waals surface area (Å²) in [6.07, 6.45) is 1.93. The van der Waals surface area contributed by atoms with E-state index >= 15 is 0 Å². The first-order valence-electron chi connectivity index (χ1n) is 8.73. The number of thioether (sulfide) groups is 1. The van der Waals surface area contributed by atoms with Crippen molar-refractivity contribution >= 4 is 23.6 Å². The summed E-state index contributed by atoms with van der Waals surface area (Å²) in [7, 11) is 0. The Morgan fingerprint density at radius 1 is 0.741 bits per heavy atom. The van der Waals surface area contributed by atoms with Gasteiger partial charge in [0.25, 0.3) is 0 Å². The number of allylic oxidation sites excluding steroid dienone is 1. The maximum absolute atomic E-state index is 12.4. The van der Waals surface area contributed by atoms with Gasteiger partial charge in [-0.25, -0.2) is 0 Å². The van der Waals surface area contributed by atoms with Crippen LogP contribution >= 0.6 is 11.8 Å². The van der Waals surface area contributed by atoms with E-state index in [2.05, 4.69) is 0 Å². The van der Waals surface area contributed by atoms with Crippen LogP contribution in [-0.2, 0) is 0 Å². The average Bonchev–Trinajstić information content (AvgIpc) is 3.03. The summed E-state index contributed by atoms with van der Waals surface area (Å²) in [6.45, 7) is 0.957. The predicted octanol–water partition coefficient (Wildman–Crippen LogP) is 5.47. The van der Waals surface area contributed by atoms with E-state index in [1.807, 2.05) is 84.9 Å². The molecular formula is C23H18O3S. The number of carbonyl (C=O) groups is 1. The molecule has 27 heavy (non-hydrogen) atoms. The molecule has 1 heterocycles. The molecule has 4 heteroatoms. The molecule has 0 unspecified atom stereocenters. The number of rotatable bonds is 6. The van der Waals surface area contributed by atoms with Crippen LogP contribution in [0.1, 0.15) is 15.9 Å². The van der Waals surface area contributed by atoms with Crippen LogP contribution in [0.5, 0.6) is 11.5 Å². The molecule has 0 radical (unpaired) electrons. The van der Waals surface area contributed by atoms with Gasteiger partial charge in [0, 0.05) is 10.5 Å². The number of hydrogen-bond donors (Lipinski definition) is 0. The number of benzene rings is 3. The summed E-state index contributed by atoms with van der Waals surface area (Å²) >= 11 is 1.52. The molecule has 0 fully saturated rings. The SMILES string of the molecule is O=C1/C(=C/c2ccc(OCCOc3ccccc3)cc2)Sc2ccccc21. The van der Waals surface area contributed by atoms with E-state index in [9.17, 15) is 4.79 Å². The van der Waals surface area contributed by atoms with Crippen molar-refractivity contribution in [1.29, 1.82) is 0 Å². The third-order valence-electron chi connectivity index (χ3n) is 4.12. The second kappa shape index (κ2) is 8.14. The molecule has 0 aliphatic carbocycles. The standard InChI is InChI=1S/C23H18O3S/c24-23-20-8-4-5-9-21(20)27-22(23)16-17-10-12-19(13-11-17)26-15-14-25-18-6-2-1-3-7-18/h1-13,16H,14-15H2/b22-16-. The van der Waals surface area contributed by atoms with E-state index in [-0.39, 0.29) is 5.78 Å². The van der Waals surface area contributed by atoms with Gasteiger partial charge in [-0.3, -0.25) is 4.79 Å². The van der Waals surface area contributed by atoms with Crippen molar-refractivity contribution in [3.63, 3.8) is 0 Å². The van der Waals surface area contributed by atoms with E-state index in [4.69, 9.17) is 9.47 Å². The van der Waals surface area contributed by atoms with Crippen molar-refractivity contribution in [1.82, 2.24) is 0 Å². The zero-order valence-electron chi connectivity index (χ0n) is 14.6. The smallest absolute Gasteiger partial charge is 0.200 e. The molecule has 134 valence electrons. The lowest BCUT2D eigenvalue weighted by atomic mass is 10.1. The van der Waals surface area contributed by atoms with Crippen LogP contribution in [0.2, 0.25) is 0 Å². The molecule has 4 rings (SSSR count). The number of ketones is 1. The van der Waals surface area contributed by atoms with Crippen LogP contribution in [0.15, 0.2) is 88.7 Å². The molecule has 1 aliphatic heterocycles. The molecule has 0 saturated carbocycles. The molecule has 0 bridgehead atoms. The zero-order valence-corrected chi connectivity index (χ0v) is 15.4. The highest BCUT2D eigenvalue weighted by Crippen LogP contribution is 2.40. The number of para-hydroxylation sites is 1. The first-order valence-corrected chi connectivity index (χ1v) is 9.55. The zero-order chi connectivity index (χ0) is 18.5. The lowest BCUT2D eigenvalue weighted by Crippen LogP contribution is -2.08. The number of Topliss-reactive ketones (excluding diaryl/α,β-unsaturated/α-hetero) is 1. The van der Waals surface area contributed by atoms with Crippen LogP contribution in [0, 0.1) is 0 Å². The van der Waals surface area contributed by atoms with Gasteiger partial charge in [0.05, 0.1) is 4.91 Å². The Balaban J connectivity index is 1.32. The van der Waals surface area contributed by atoms with Crippen molar-refractivity contribution in [2.24, 2.45) is 0 Å². The summed E-state index contributed by atoms with van der Waals surface area (Å²) in [5.74, 6) is 1.71. The lowest BCUT2D eigenvalue weighted by molar-refractivity contribution is 0.104. The minimum absolute atomic E-state index is 0.0917. The van der Waals surface area contributed by atoms with Gasteiger partial charge < -0.3 is 9.47 Å². The van der Waals surface area contributed by atoms with Crippen molar-refractivity contribution in [2.75, 3.05) is 13.2 Å². The highest BCUT2D eigenvalue weighted by atomic mass is 32.2. The average molecular weight is 374 g/mol. The summed E-state index contributed by atoms with van der Waals surface area (Å²) < 4.78 is 11.3. The van der Waals surface area contributed by atoms with Gasteiger partial charge in [-0.05, 0) is 48.0 Å². The topological polar surface area (TPSA) is 35.5 Å². The Hall–Kier alpha value is -2.98. The summed E-state index contributed by atoms with van der Waals surface area (Å²) in [5, 5.41) is 0. The van der Waals surface area contributed by atoms with E-state index in [0.29, 0.717) is 13.2 Å². The molecule has 0 saturated heterocycles. The second-order valence-corrected chi connectivity index (χ2v) is 7.10. The highest BCUT2D eigenvalue weighted by Gasteiger charge is 2.24.